The van der Waals surface area contributed by atoms with Crippen LogP contribution in [0.1, 0.15) is 27.0 Å². The van der Waals surface area contributed by atoms with E-state index in [0.29, 0.717) is 16.2 Å². The quantitative estimate of drug-likeness (QED) is 0.366. The Morgan fingerprint density at radius 3 is 2.43 bits per heavy atom. The van der Waals surface area contributed by atoms with Gasteiger partial charge in [0.25, 0.3) is 0 Å². The van der Waals surface area contributed by atoms with Gasteiger partial charge in [0.1, 0.15) is 11.5 Å². The number of rotatable bonds is 5. The fourth-order valence-electron chi connectivity index (χ4n) is 1.64. The van der Waals surface area contributed by atoms with E-state index in [9.17, 15) is 9.59 Å². The highest BCUT2D eigenvalue weighted by molar-refractivity contribution is 7.12. The first-order valence-electron chi connectivity index (χ1n) is 6.22. The number of hydrogen-bond acceptors (Lipinski definition) is 5. The van der Waals surface area contributed by atoms with Crippen LogP contribution < -0.4 is 4.74 Å². The Kier molecular flexibility index (Phi) is 4.90. The highest BCUT2D eigenvalue weighted by Gasteiger charge is 2.10. The third-order valence-electron chi connectivity index (χ3n) is 2.68. The predicted molar refractivity (Wildman–Crippen MR) is 80.8 cm³/mol. The first-order chi connectivity index (χ1) is 10.1. The van der Waals surface area contributed by atoms with E-state index in [4.69, 9.17) is 9.47 Å². The van der Waals surface area contributed by atoms with Crippen LogP contribution in [0.15, 0.2) is 53.6 Å². The van der Waals surface area contributed by atoms with Gasteiger partial charge in [-0.2, -0.15) is 0 Å². The van der Waals surface area contributed by atoms with Gasteiger partial charge in [0.2, 0.25) is 0 Å². The maximum Gasteiger partial charge on any atom is 0.343 e. The zero-order valence-electron chi connectivity index (χ0n) is 11.7. The number of thiophene rings is 1. The largest absolute Gasteiger partial charge is 0.497 e. The van der Waals surface area contributed by atoms with Gasteiger partial charge in [-0.1, -0.05) is 6.07 Å². The van der Waals surface area contributed by atoms with Crippen LogP contribution in [-0.2, 0) is 4.74 Å². The zero-order valence-corrected chi connectivity index (χ0v) is 12.5. The Morgan fingerprint density at radius 1 is 1.14 bits per heavy atom. The minimum Gasteiger partial charge on any atom is -0.497 e. The lowest BCUT2D eigenvalue weighted by Crippen LogP contribution is -2.05. The third kappa shape index (κ3) is 4.03. The van der Waals surface area contributed by atoms with Crippen molar-refractivity contribution in [1.29, 1.82) is 0 Å². The van der Waals surface area contributed by atoms with Gasteiger partial charge >= 0.3 is 5.97 Å². The molecule has 108 valence electrons. The lowest BCUT2D eigenvalue weighted by atomic mass is 10.2. The van der Waals surface area contributed by atoms with E-state index in [1.54, 1.807) is 50.4 Å². The lowest BCUT2D eigenvalue weighted by molar-refractivity contribution is 0.0625. The average Bonchev–Trinajstić information content (AvgIpc) is 3.01. The molecule has 0 amide bonds. The van der Waals surface area contributed by atoms with Crippen LogP contribution in [0.3, 0.4) is 0 Å². The van der Waals surface area contributed by atoms with Crippen LogP contribution in [0.25, 0.3) is 0 Å². The summed E-state index contributed by atoms with van der Waals surface area (Å²) in [6.07, 6.45) is 1.31. The van der Waals surface area contributed by atoms with E-state index in [1.165, 1.54) is 17.4 Å². The van der Waals surface area contributed by atoms with Gasteiger partial charge in [0.05, 0.1) is 17.6 Å². The second-order valence-corrected chi connectivity index (χ2v) is 5.16. The summed E-state index contributed by atoms with van der Waals surface area (Å²) in [5, 5.41) is 1.82. The molecule has 0 N–H and O–H groups in total. The first-order valence-corrected chi connectivity index (χ1v) is 7.10. The Bertz CT molecular complexity index is 654. The molecule has 4 nitrogen and oxygen atoms in total. The molecule has 2 aromatic rings. The van der Waals surface area contributed by atoms with Crippen molar-refractivity contribution in [3.05, 3.63) is 64.1 Å². The van der Waals surface area contributed by atoms with Crippen molar-refractivity contribution in [3.8, 4) is 5.75 Å². The normalized spacial score (nSPS) is 11.0. The molecular weight excluding hydrogens is 288 g/mol. The fraction of sp³-hybridized carbons (Fsp3) is 0.125. The van der Waals surface area contributed by atoms with Crippen LogP contribution >= 0.6 is 11.3 Å². The maximum atomic E-state index is 11.9. The van der Waals surface area contributed by atoms with Crippen LogP contribution in [0, 0.1) is 0 Å². The van der Waals surface area contributed by atoms with E-state index in [0.717, 1.165) is 0 Å². The average molecular weight is 302 g/mol. The summed E-state index contributed by atoms with van der Waals surface area (Å²) in [6.45, 7) is 1.58. The highest BCUT2D eigenvalue weighted by atomic mass is 32.1. The Balaban J connectivity index is 2.02. The molecule has 0 aliphatic carbocycles. The molecule has 1 aromatic heterocycles. The van der Waals surface area contributed by atoms with Crippen molar-refractivity contribution in [3.63, 3.8) is 0 Å². The minimum atomic E-state index is -0.509. The number of methoxy groups -OCH3 is 1. The van der Waals surface area contributed by atoms with E-state index in [1.807, 2.05) is 5.38 Å². The second-order valence-electron chi connectivity index (χ2n) is 4.21. The van der Waals surface area contributed by atoms with Crippen molar-refractivity contribution < 1.29 is 19.1 Å². The number of hydrogen-bond donors (Lipinski definition) is 0. The molecule has 0 saturated heterocycles. The van der Waals surface area contributed by atoms with Crippen molar-refractivity contribution in [2.24, 2.45) is 0 Å². The first kappa shape index (κ1) is 15.0. The molecule has 0 unspecified atom stereocenters. The summed E-state index contributed by atoms with van der Waals surface area (Å²) >= 11 is 1.34. The summed E-state index contributed by atoms with van der Waals surface area (Å²) in [4.78, 5) is 24.4. The van der Waals surface area contributed by atoms with E-state index < -0.39 is 5.97 Å². The number of carbonyl (C=O) groups excluding carboxylic acids is 2. The summed E-state index contributed by atoms with van der Waals surface area (Å²) in [5.74, 6) is 0.233. The molecule has 0 aliphatic rings. The Morgan fingerprint density at radius 2 is 1.86 bits per heavy atom. The van der Waals surface area contributed by atoms with Crippen LogP contribution in [0.2, 0.25) is 0 Å². The Labute approximate surface area is 126 Å². The van der Waals surface area contributed by atoms with E-state index >= 15 is 0 Å². The number of ether oxygens (including phenoxy) is 2. The van der Waals surface area contributed by atoms with Gasteiger partial charge in [-0.05, 0) is 42.6 Å². The summed E-state index contributed by atoms with van der Waals surface area (Å²) in [6, 6.07) is 10.1. The van der Waals surface area contributed by atoms with E-state index in [2.05, 4.69) is 0 Å². The lowest BCUT2D eigenvalue weighted by Gasteiger charge is -2.05. The maximum absolute atomic E-state index is 11.9. The van der Waals surface area contributed by atoms with Gasteiger partial charge in [0, 0.05) is 6.08 Å². The molecule has 0 saturated carbocycles. The molecule has 1 aromatic carbocycles. The summed E-state index contributed by atoms with van der Waals surface area (Å²) in [7, 11) is 1.55. The second kappa shape index (κ2) is 6.85. The molecule has 2 rings (SSSR count). The summed E-state index contributed by atoms with van der Waals surface area (Å²) in [5.41, 5.74) is 0.395. The molecule has 0 aliphatic heterocycles. The number of ketones is 1. The van der Waals surface area contributed by atoms with Gasteiger partial charge < -0.3 is 9.47 Å². The van der Waals surface area contributed by atoms with Gasteiger partial charge in [-0.3, -0.25) is 4.79 Å². The topological polar surface area (TPSA) is 52.6 Å². The molecule has 0 radical (unpaired) electrons. The molecule has 21 heavy (non-hydrogen) atoms. The summed E-state index contributed by atoms with van der Waals surface area (Å²) < 4.78 is 10.2. The number of allylic oxidation sites excluding steroid dienone is 2. The van der Waals surface area contributed by atoms with Gasteiger partial charge in [-0.25, -0.2) is 4.79 Å². The standard InChI is InChI=1S/C16H14O4S/c1-11(10-14(17)15-4-3-9-21-15)20-16(18)12-5-7-13(19-2)8-6-12/h3-10H,1-2H3/b11-10+. The predicted octanol–water partition coefficient (Wildman–Crippen LogP) is 3.70. The molecular formula is C16H14O4S. The number of benzene rings is 1. The van der Waals surface area contributed by atoms with Gasteiger partial charge in [-0.15, -0.1) is 11.3 Å². The van der Waals surface area contributed by atoms with Crippen LogP contribution in [0.4, 0.5) is 0 Å². The van der Waals surface area contributed by atoms with Gasteiger partial charge in [0.15, 0.2) is 5.78 Å². The van der Waals surface area contributed by atoms with Crippen molar-refractivity contribution in [1.82, 2.24) is 0 Å². The molecule has 0 atom stereocenters. The highest BCUT2D eigenvalue weighted by Crippen LogP contribution is 2.15. The fourth-order valence-corrected chi connectivity index (χ4v) is 2.27. The molecule has 5 heteroatoms. The molecule has 0 spiro atoms. The zero-order chi connectivity index (χ0) is 15.2. The van der Waals surface area contributed by atoms with Crippen LogP contribution in [0.5, 0.6) is 5.75 Å². The molecule has 0 fully saturated rings. The smallest absolute Gasteiger partial charge is 0.343 e. The minimum absolute atomic E-state index is 0.176. The van der Waals surface area contributed by atoms with Crippen molar-refractivity contribution in [2.45, 2.75) is 6.92 Å². The molecule has 0 bridgehead atoms. The van der Waals surface area contributed by atoms with Crippen LogP contribution in [-0.4, -0.2) is 18.9 Å². The Hall–Kier alpha value is -2.40. The SMILES string of the molecule is COc1ccc(C(=O)O/C(C)=C/C(=O)c2cccs2)cc1. The van der Waals surface area contributed by atoms with Crippen molar-refractivity contribution >= 4 is 23.1 Å². The van der Waals surface area contributed by atoms with Crippen molar-refractivity contribution in [2.75, 3.05) is 7.11 Å². The monoisotopic (exact) mass is 302 g/mol. The van der Waals surface area contributed by atoms with E-state index in [-0.39, 0.29) is 11.5 Å². The molecule has 1 heterocycles. The third-order valence-corrected chi connectivity index (χ3v) is 3.56. The number of esters is 1. The number of carbonyl (C=O) groups is 2.